The highest BCUT2D eigenvalue weighted by atomic mass is 19.4. The van der Waals surface area contributed by atoms with Gasteiger partial charge >= 0.3 is 11.8 Å². The summed E-state index contributed by atoms with van der Waals surface area (Å²) in [6.45, 7) is 3.58. The van der Waals surface area contributed by atoms with Gasteiger partial charge in [0, 0.05) is 17.7 Å². The van der Waals surface area contributed by atoms with Crippen molar-refractivity contribution in [1.82, 2.24) is 10.2 Å². The molecule has 0 unspecified atom stereocenters. The lowest BCUT2D eigenvalue weighted by molar-refractivity contribution is -0.196. The van der Waals surface area contributed by atoms with Gasteiger partial charge in [0.1, 0.15) is 5.84 Å². The van der Waals surface area contributed by atoms with E-state index in [0.717, 1.165) is 10.5 Å². The molecule has 0 aliphatic carbocycles. The predicted molar refractivity (Wildman–Crippen MR) is 102 cm³/mol. The molecule has 1 atom stereocenters. The summed E-state index contributed by atoms with van der Waals surface area (Å²) in [7, 11) is 0. The maximum Gasteiger partial charge on any atom is 0.442 e. The van der Waals surface area contributed by atoms with Gasteiger partial charge < -0.3 is 5.32 Å². The van der Waals surface area contributed by atoms with E-state index in [2.05, 4.69) is 4.99 Å². The van der Waals surface area contributed by atoms with E-state index < -0.39 is 23.7 Å². The molecule has 5 nitrogen and oxygen atoms in total. The first-order chi connectivity index (χ1) is 13.7. The number of carbonyl (C=O) groups excluding carboxylic acids is 2. The molecule has 152 valence electrons. The number of nitrogens with one attached hydrogen (secondary N) is 1. The van der Waals surface area contributed by atoms with Crippen LogP contribution in [-0.4, -0.2) is 40.9 Å². The summed E-state index contributed by atoms with van der Waals surface area (Å²) >= 11 is 0. The van der Waals surface area contributed by atoms with E-state index >= 15 is 0 Å². The SMILES string of the molecule is CCCN1C(=O)[C@@](NC(=O)c2ccc(C)cc2)(C(F)(F)F)N=C1c1ccccc1. The average Bonchev–Trinajstić information content (AvgIpc) is 2.96. The minimum atomic E-state index is -5.12. The molecule has 0 bridgehead atoms. The highest BCUT2D eigenvalue weighted by Crippen LogP contribution is 2.38. The first-order valence-electron chi connectivity index (χ1n) is 9.13. The van der Waals surface area contributed by atoms with Crippen LogP contribution in [0.2, 0.25) is 0 Å². The monoisotopic (exact) mass is 403 g/mol. The van der Waals surface area contributed by atoms with Crippen molar-refractivity contribution >= 4 is 17.6 Å². The maximum atomic E-state index is 14.1. The van der Waals surface area contributed by atoms with Crippen LogP contribution in [-0.2, 0) is 4.79 Å². The second-order valence-corrected chi connectivity index (χ2v) is 6.79. The molecule has 1 heterocycles. The smallest absolute Gasteiger partial charge is 0.312 e. The molecule has 8 heteroatoms. The number of amidine groups is 1. The zero-order valence-corrected chi connectivity index (χ0v) is 16.0. The van der Waals surface area contributed by atoms with Gasteiger partial charge in [0.25, 0.3) is 11.8 Å². The number of aliphatic imine (C=N–C) groups is 1. The largest absolute Gasteiger partial charge is 0.442 e. The second-order valence-electron chi connectivity index (χ2n) is 6.79. The summed E-state index contributed by atoms with van der Waals surface area (Å²) in [5.74, 6) is -2.45. The van der Waals surface area contributed by atoms with Crippen molar-refractivity contribution in [2.45, 2.75) is 32.1 Å². The number of benzene rings is 2. The number of nitrogens with zero attached hydrogens (tertiary/aromatic N) is 2. The van der Waals surface area contributed by atoms with E-state index in [1.54, 1.807) is 56.3 Å². The molecule has 2 aromatic carbocycles. The molecular formula is C21H20F3N3O2. The van der Waals surface area contributed by atoms with Crippen LogP contribution in [0.25, 0.3) is 0 Å². The van der Waals surface area contributed by atoms with Gasteiger partial charge in [-0.05, 0) is 25.5 Å². The Hall–Kier alpha value is -3.16. The summed E-state index contributed by atoms with van der Waals surface area (Å²) < 4.78 is 42.4. The molecule has 0 radical (unpaired) electrons. The molecule has 2 amide bonds. The van der Waals surface area contributed by atoms with E-state index in [4.69, 9.17) is 0 Å². The Labute approximate surface area is 166 Å². The number of hydrogen-bond acceptors (Lipinski definition) is 3. The van der Waals surface area contributed by atoms with E-state index in [-0.39, 0.29) is 17.9 Å². The lowest BCUT2D eigenvalue weighted by Gasteiger charge is -2.29. The van der Waals surface area contributed by atoms with Crippen LogP contribution in [0.3, 0.4) is 0 Å². The Morgan fingerprint density at radius 1 is 1.10 bits per heavy atom. The Morgan fingerprint density at radius 3 is 2.28 bits per heavy atom. The summed E-state index contributed by atoms with van der Waals surface area (Å²) in [5.41, 5.74) is -2.14. The van der Waals surface area contributed by atoms with Crippen molar-refractivity contribution in [3.8, 4) is 0 Å². The lowest BCUT2D eigenvalue weighted by Crippen LogP contribution is -2.63. The van der Waals surface area contributed by atoms with Crippen LogP contribution in [0.15, 0.2) is 59.6 Å². The molecule has 3 rings (SSSR count). The Morgan fingerprint density at radius 2 is 1.72 bits per heavy atom. The third-order valence-electron chi connectivity index (χ3n) is 4.58. The van der Waals surface area contributed by atoms with Crippen LogP contribution >= 0.6 is 0 Å². The van der Waals surface area contributed by atoms with Crippen LogP contribution in [0.4, 0.5) is 13.2 Å². The molecule has 0 spiro atoms. The number of carbonyl (C=O) groups is 2. The molecule has 1 aliphatic rings. The van der Waals surface area contributed by atoms with Gasteiger partial charge in [-0.15, -0.1) is 0 Å². The van der Waals surface area contributed by atoms with E-state index in [0.29, 0.717) is 12.0 Å². The van der Waals surface area contributed by atoms with Crippen molar-refractivity contribution in [1.29, 1.82) is 0 Å². The number of rotatable bonds is 5. The minimum absolute atomic E-state index is 0.0115. The molecule has 0 aromatic heterocycles. The van der Waals surface area contributed by atoms with Gasteiger partial charge in [0.2, 0.25) is 0 Å². The van der Waals surface area contributed by atoms with Crippen molar-refractivity contribution in [2.75, 3.05) is 6.54 Å². The van der Waals surface area contributed by atoms with Crippen LogP contribution in [0.1, 0.15) is 34.8 Å². The number of aryl methyl sites for hydroxylation is 1. The van der Waals surface area contributed by atoms with Crippen molar-refractivity contribution in [2.24, 2.45) is 4.99 Å². The van der Waals surface area contributed by atoms with E-state index in [9.17, 15) is 22.8 Å². The summed E-state index contributed by atoms with van der Waals surface area (Å²) in [6.07, 6.45) is -4.69. The quantitative estimate of drug-likeness (QED) is 0.828. The summed E-state index contributed by atoms with van der Waals surface area (Å²) in [6, 6.07) is 14.2. The number of alkyl halides is 3. The van der Waals surface area contributed by atoms with Crippen LogP contribution in [0.5, 0.6) is 0 Å². The summed E-state index contributed by atoms with van der Waals surface area (Å²) in [5, 5.41) is 1.86. The first-order valence-corrected chi connectivity index (χ1v) is 9.13. The third kappa shape index (κ3) is 3.74. The first kappa shape index (κ1) is 20.6. The maximum absolute atomic E-state index is 14.1. The molecule has 0 saturated heterocycles. The molecule has 1 aliphatic heterocycles. The molecular weight excluding hydrogens is 383 g/mol. The lowest BCUT2D eigenvalue weighted by atomic mass is 10.1. The Balaban J connectivity index is 2.08. The summed E-state index contributed by atoms with van der Waals surface area (Å²) in [4.78, 5) is 30.3. The highest BCUT2D eigenvalue weighted by Gasteiger charge is 2.67. The zero-order valence-electron chi connectivity index (χ0n) is 16.0. The topological polar surface area (TPSA) is 61.8 Å². The van der Waals surface area contributed by atoms with Crippen molar-refractivity contribution < 1.29 is 22.8 Å². The highest BCUT2D eigenvalue weighted by molar-refractivity contribution is 6.16. The fraction of sp³-hybridized carbons (Fsp3) is 0.286. The van der Waals surface area contributed by atoms with Crippen molar-refractivity contribution in [3.05, 3.63) is 71.3 Å². The van der Waals surface area contributed by atoms with Gasteiger partial charge in [-0.3, -0.25) is 14.5 Å². The fourth-order valence-electron chi connectivity index (χ4n) is 3.08. The van der Waals surface area contributed by atoms with E-state index in [1.807, 2.05) is 5.32 Å². The van der Waals surface area contributed by atoms with Gasteiger partial charge in [-0.2, -0.15) is 13.2 Å². The van der Waals surface area contributed by atoms with Gasteiger partial charge in [0.15, 0.2) is 0 Å². The number of amides is 2. The fourth-order valence-corrected chi connectivity index (χ4v) is 3.08. The Kier molecular flexibility index (Phi) is 5.46. The van der Waals surface area contributed by atoms with Crippen LogP contribution < -0.4 is 5.32 Å². The van der Waals surface area contributed by atoms with Crippen molar-refractivity contribution in [3.63, 3.8) is 0 Å². The predicted octanol–water partition coefficient (Wildman–Crippen LogP) is 3.68. The average molecular weight is 403 g/mol. The number of halogens is 3. The molecule has 0 saturated carbocycles. The van der Waals surface area contributed by atoms with Gasteiger partial charge in [-0.1, -0.05) is 55.0 Å². The molecule has 2 aromatic rings. The molecule has 1 N–H and O–H groups in total. The van der Waals surface area contributed by atoms with Gasteiger partial charge in [0.05, 0.1) is 0 Å². The third-order valence-corrected chi connectivity index (χ3v) is 4.58. The minimum Gasteiger partial charge on any atom is -0.312 e. The zero-order chi connectivity index (χ0) is 21.2. The second kappa shape index (κ2) is 7.69. The normalized spacial score (nSPS) is 19.3. The van der Waals surface area contributed by atoms with Gasteiger partial charge in [-0.25, -0.2) is 4.99 Å². The standard InChI is InChI=1S/C21H20F3N3O2/c1-3-13-27-17(15-7-5-4-6-8-15)25-20(19(27)29,21(22,23)24)26-18(28)16-11-9-14(2)10-12-16/h4-12H,3,13H2,1-2H3,(H,26,28)/t20-/m1/s1. The van der Waals surface area contributed by atoms with Crippen LogP contribution in [0, 0.1) is 6.92 Å². The Bertz CT molecular complexity index is 940. The molecule has 29 heavy (non-hydrogen) atoms. The number of hydrogen-bond donors (Lipinski definition) is 1. The van der Waals surface area contributed by atoms with E-state index in [1.165, 1.54) is 12.1 Å². The molecule has 0 fully saturated rings.